The van der Waals surface area contributed by atoms with Crippen LogP contribution in [-0.2, 0) is 11.8 Å². The third-order valence-electron chi connectivity index (χ3n) is 6.40. The summed E-state index contributed by atoms with van der Waals surface area (Å²) in [7, 11) is 1.71. The molecular formula is C21H27N3O2S. The van der Waals surface area contributed by atoms with Gasteiger partial charge < -0.3 is 5.32 Å². The molecule has 1 aromatic carbocycles. The lowest BCUT2D eigenvalue weighted by molar-refractivity contribution is -0.121. The third kappa shape index (κ3) is 3.51. The number of fused-ring (bicyclic) bond motifs is 3. The van der Waals surface area contributed by atoms with Gasteiger partial charge in [0.05, 0.1) is 16.2 Å². The van der Waals surface area contributed by atoms with Crippen LogP contribution in [0.2, 0.25) is 0 Å². The molecule has 2 bridgehead atoms. The number of nitrogens with zero attached hydrogens (tertiary/aromatic N) is 2. The van der Waals surface area contributed by atoms with Crippen molar-refractivity contribution in [3.05, 3.63) is 34.6 Å². The predicted octanol–water partition coefficient (Wildman–Crippen LogP) is 3.36. The van der Waals surface area contributed by atoms with Crippen LogP contribution in [-0.4, -0.2) is 26.8 Å². The van der Waals surface area contributed by atoms with Gasteiger partial charge in [0.25, 0.3) is 5.56 Å². The molecule has 1 amide bonds. The average molecular weight is 386 g/mol. The summed E-state index contributed by atoms with van der Waals surface area (Å²) in [6.07, 6.45) is 5.30. The SMILES string of the molecule is C[C@H](Sc1nc2ccccc2c(=O)n1C)C(=O)N[C@H](C)[C@@H]1C[C@H]2CC[C@H]1C2. The summed E-state index contributed by atoms with van der Waals surface area (Å²) in [5.74, 6) is 2.31. The normalized spacial score (nSPS) is 26.3. The molecule has 2 aliphatic rings. The highest BCUT2D eigenvalue weighted by molar-refractivity contribution is 8.00. The lowest BCUT2D eigenvalue weighted by atomic mass is 9.84. The molecule has 2 aromatic rings. The molecule has 0 spiro atoms. The van der Waals surface area contributed by atoms with E-state index in [-0.39, 0.29) is 22.8 Å². The van der Waals surface area contributed by atoms with Gasteiger partial charge in [0.2, 0.25) is 5.91 Å². The van der Waals surface area contributed by atoms with E-state index >= 15 is 0 Å². The Morgan fingerprint density at radius 1 is 1.26 bits per heavy atom. The molecule has 2 fully saturated rings. The maximum Gasteiger partial charge on any atom is 0.261 e. The maximum atomic E-state index is 12.7. The Hall–Kier alpha value is -1.82. The second kappa shape index (κ2) is 7.30. The van der Waals surface area contributed by atoms with Crippen LogP contribution in [0.5, 0.6) is 0 Å². The molecular weight excluding hydrogens is 358 g/mol. The Balaban J connectivity index is 1.45. The molecule has 6 heteroatoms. The number of hydrogen-bond donors (Lipinski definition) is 1. The van der Waals surface area contributed by atoms with Crippen molar-refractivity contribution in [2.75, 3.05) is 0 Å². The molecule has 0 saturated heterocycles. The Labute approximate surface area is 163 Å². The number of aromatic nitrogens is 2. The number of amides is 1. The Bertz CT molecular complexity index is 925. The highest BCUT2D eigenvalue weighted by Crippen LogP contribution is 2.49. The van der Waals surface area contributed by atoms with Crippen LogP contribution in [0.4, 0.5) is 0 Å². The average Bonchev–Trinajstić information content (AvgIpc) is 3.29. The van der Waals surface area contributed by atoms with E-state index in [1.54, 1.807) is 13.1 Å². The molecule has 2 saturated carbocycles. The molecule has 2 aliphatic carbocycles. The molecule has 0 aliphatic heterocycles. The van der Waals surface area contributed by atoms with Crippen molar-refractivity contribution >= 4 is 28.6 Å². The Morgan fingerprint density at radius 3 is 2.74 bits per heavy atom. The van der Waals surface area contributed by atoms with E-state index in [4.69, 9.17) is 0 Å². The molecule has 1 aromatic heterocycles. The fourth-order valence-corrected chi connectivity index (χ4v) is 5.75. The largest absolute Gasteiger partial charge is 0.352 e. The van der Waals surface area contributed by atoms with Crippen LogP contribution in [0.1, 0.15) is 39.5 Å². The van der Waals surface area contributed by atoms with Gasteiger partial charge in [-0.15, -0.1) is 0 Å². The van der Waals surface area contributed by atoms with Gasteiger partial charge in [-0.1, -0.05) is 30.3 Å². The number of para-hydroxylation sites is 1. The van der Waals surface area contributed by atoms with Crippen molar-refractivity contribution in [1.29, 1.82) is 0 Å². The molecule has 0 unspecified atom stereocenters. The zero-order chi connectivity index (χ0) is 19.1. The van der Waals surface area contributed by atoms with Crippen LogP contribution >= 0.6 is 11.8 Å². The van der Waals surface area contributed by atoms with Crippen LogP contribution in [0.15, 0.2) is 34.2 Å². The molecule has 5 nitrogen and oxygen atoms in total. The van der Waals surface area contributed by atoms with Gasteiger partial charge in [0, 0.05) is 13.1 Å². The number of rotatable bonds is 5. The zero-order valence-corrected chi connectivity index (χ0v) is 17.0. The third-order valence-corrected chi connectivity index (χ3v) is 7.54. The molecule has 0 radical (unpaired) electrons. The van der Waals surface area contributed by atoms with Gasteiger partial charge in [0.1, 0.15) is 0 Å². The summed E-state index contributed by atoms with van der Waals surface area (Å²) in [6.45, 7) is 4.03. The number of benzene rings is 1. The molecule has 1 N–H and O–H groups in total. The number of carbonyl (C=O) groups is 1. The van der Waals surface area contributed by atoms with Crippen molar-refractivity contribution in [2.45, 2.75) is 56.0 Å². The minimum Gasteiger partial charge on any atom is -0.352 e. The minimum absolute atomic E-state index is 0.0256. The van der Waals surface area contributed by atoms with Gasteiger partial charge in [-0.25, -0.2) is 4.98 Å². The van der Waals surface area contributed by atoms with Crippen LogP contribution in [0.25, 0.3) is 10.9 Å². The summed E-state index contributed by atoms with van der Waals surface area (Å²) < 4.78 is 1.54. The molecule has 144 valence electrons. The van der Waals surface area contributed by atoms with Gasteiger partial charge in [0.15, 0.2) is 5.16 Å². The maximum absolute atomic E-state index is 12.7. The highest BCUT2D eigenvalue weighted by Gasteiger charge is 2.42. The predicted molar refractivity (Wildman–Crippen MR) is 109 cm³/mol. The van der Waals surface area contributed by atoms with Gasteiger partial charge in [-0.2, -0.15) is 0 Å². The van der Waals surface area contributed by atoms with E-state index in [1.165, 1.54) is 42.0 Å². The van der Waals surface area contributed by atoms with Crippen molar-refractivity contribution in [3.8, 4) is 0 Å². The minimum atomic E-state index is -0.301. The Kier molecular flexibility index (Phi) is 5.01. The highest BCUT2D eigenvalue weighted by atomic mass is 32.2. The molecule has 4 rings (SSSR count). The van der Waals surface area contributed by atoms with E-state index in [9.17, 15) is 9.59 Å². The van der Waals surface area contributed by atoms with E-state index in [1.807, 2.05) is 25.1 Å². The first-order chi connectivity index (χ1) is 12.9. The van der Waals surface area contributed by atoms with Crippen molar-refractivity contribution in [3.63, 3.8) is 0 Å². The zero-order valence-electron chi connectivity index (χ0n) is 16.1. The standard InChI is InChI=1S/C21H27N3O2S/c1-12(17-11-14-8-9-15(17)10-14)22-19(25)13(2)27-21-23-18-7-5-4-6-16(18)20(26)24(21)3/h4-7,12-15,17H,8-11H2,1-3H3,(H,22,25)/t12-,13+,14+,15+,17+/m1/s1. The topological polar surface area (TPSA) is 64.0 Å². The first kappa shape index (κ1) is 18.5. The van der Waals surface area contributed by atoms with E-state index < -0.39 is 0 Å². The van der Waals surface area contributed by atoms with E-state index in [0.717, 1.165) is 11.8 Å². The quantitative estimate of drug-likeness (QED) is 0.633. The van der Waals surface area contributed by atoms with E-state index in [0.29, 0.717) is 22.0 Å². The summed E-state index contributed by atoms with van der Waals surface area (Å²) in [4.78, 5) is 29.9. The molecule has 27 heavy (non-hydrogen) atoms. The fourth-order valence-electron chi connectivity index (χ4n) is 4.87. The number of carbonyl (C=O) groups excluding carboxylic acids is 1. The Morgan fingerprint density at radius 2 is 2.04 bits per heavy atom. The van der Waals surface area contributed by atoms with Gasteiger partial charge >= 0.3 is 0 Å². The summed E-state index contributed by atoms with van der Waals surface area (Å²) in [5.41, 5.74) is 0.595. The second-order valence-electron chi connectivity index (χ2n) is 8.17. The number of hydrogen-bond acceptors (Lipinski definition) is 4. The van der Waals surface area contributed by atoms with Crippen molar-refractivity contribution < 1.29 is 4.79 Å². The summed E-state index contributed by atoms with van der Waals surface area (Å²) in [6, 6.07) is 7.54. The molecule has 1 heterocycles. The van der Waals surface area contributed by atoms with Crippen molar-refractivity contribution in [1.82, 2.24) is 14.9 Å². The number of thioether (sulfide) groups is 1. The lowest BCUT2D eigenvalue weighted by Crippen LogP contribution is -2.43. The monoisotopic (exact) mass is 385 g/mol. The second-order valence-corrected chi connectivity index (χ2v) is 9.48. The van der Waals surface area contributed by atoms with Crippen LogP contribution in [0.3, 0.4) is 0 Å². The summed E-state index contributed by atoms with van der Waals surface area (Å²) >= 11 is 1.35. The lowest BCUT2D eigenvalue weighted by Gasteiger charge is -2.29. The van der Waals surface area contributed by atoms with Crippen LogP contribution < -0.4 is 10.9 Å². The first-order valence-electron chi connectivity index (χ1n) is 9.87. The summed E-state index contributed by atoms with van der Waals surface area (Å²) in [5, 5.41) is 4.10. The smallest absolute Gasteiger partial charge is 0.261 e. The fraction of sp³-hybridized carbons (Fsp3) is 0.571. The van der Waals surface area contributed by atoms with Gasteiger partial charge in [-0.05, 0) is 63.0 Å². The van der Waals surface area contributed by atoms with Gasteiger partial charge in [-0.3, -0.25) is 14.2 Å². The van der Waals surface area contributed by atoms with Crippen LogP contribution in [0, 0.1) is 17.8 Å². The molecule has 5 atom stereocenters. The first-order valence-corrected chi connectivity index (χ1v) is 10.7. The van der Waals surface area contributed by atoms with E-state index in [2.05, 4.69) is 17.2 Å². The van der Waals surface area contributed by atoms with Crippen molar-refractivity contribution in [2.24, 2.45) is 24.8 Å². The number of nitrogens with one attached hydrogen (secondary N) is 1.